The predicted molar refractivity (Wildman–Crippen MR) is 101 cm³/mol. The van der Waals surface area contributed by atoms with Crippen molar-refractivity contribution in [2.45, 2.75) is 20.3 Å². The maximum Gasteiger partial charge on any atom is 0.229 e. The van der Waals surface area contributed by atoms with Crippen molar-refractivity contribution in [3.05, 3.63) is 54.1 Å². The van der Waals surface area contributed by atoms with Gasteiger partial charge in [0.1, 0.15) is 0 Å². The van der Waals surface area contributed by atoms with Gasteiger partial charge in [0.15, 0.2) is 0 Å². The van der Waals surface area contributed by atoms with Crippen molar-refractivity contribution in [1.82, 2.24) is 0 Å². The van der Waals surface area contributed by atoms with Crippen molar-refractivity contribution in [2.75, 3.05) is 22.1 Å². The third kappa shape index (κ3) is 4.08. The molecule has 26 heavy (non-hydrogen) atoms. The standard InChI is InChI=1S/C20H21N3O3/c1-13-6-8-16(9-7-13)22-20(26)15-10-19(25)23(12-15)18-5-3-4-17(11-18)21-14(2)24/h3-9,11,15H,10,12H2,1-2H3,(H,21,24)(H,22,26)/t15-/m1/s1. The Kier molecular flexibility index (Phi) is 5.02. The molecule has 0 aliphatic carbocycles. The lowest BCUT2D eigenvalue weighted by molar-refractivity contribution is -0.122. The molecule has 0 saturated carbocycles. The van der Waals surface area contributed by atoms with E-state index in [1.54, 1.807) is 29.2 Å². The predicted octanol–water partition coefficient (Wildman–Crippen LogP) is 2.95. The molecule has 1 heterocycles. The molecule has 1 saturated heterocycles. The lowest BCUT2D eigenvalue weighted by Crippen LogP contribution is -2.28. The molecule has 1 aliphatic heterocycles. The van der Waals surface area contributed by atoms with Crippen LogP contribution in [-0.2, 0) is 14.4 Å². The van der Waals surface area contributed by atoms with E-state index in [2.05, 4.69) is 10.6 Å². The zero-order valence-electron chi connectivity index (χ0n) is 14.8. The van der Waals surface area contributed by atoms with Crippen LogP contribution in [0.4, 0.5) is 17.1 Å². The number of amides is 3. The van der Waals surface area contributed by atoms with Crippen LogP contribution >= 0.6 is 0 Å². The van der Waals surface area contributed by atoms with E-state index in [1.807, 2.05) is 31.2 Å². The quantitative estimate of drug-likeness (QED) is 0.889. The van der Waals surface area contributed by atoms with Gasteiger partial charge in [-0.15, -0.1) is 0 Å². The molecule has 134 valence electrons. The topological polar surface area (TPSA) is 78.5 Å². The monoisotopic (exact) mass is 351 g/mol. The summed E-state index contributed by atoms with van der Waals surface area (Å²) in [6.07, 6.45) is 0.169. The van der Waals surface area contributed by atoms with Crippen LogP contribution in [0.25, 0.3) is 0 Å². The van der Waals surface area contributed by atoms with Crippen LogP contribution < -0.4 is 15.5 Å². The Morgan fingerprint density at radius 2 is 1.77 bits per heavy atom. The van der Waals surface area contributed by atoms with Crippen molar-refractivity contribution >= 4 is 34.8 Å². The third-order valence-electron chi connectivity index (χ3n) is 4.29. The zero-order chi connectivity index (χ0) is 18.7. The number of anilines is 3. The van der Waals surface area contributed by atoms with Crippen molar-refractivity contribution in [3.63, 3.8) is 0 Å². The molecule has 0 unspecified atom stereocenters. The molecule has 1 atom stereocenters. The summed E-state index contributed by atoms with van der Waals surface area (Å²) in [6.45, 7) is 3.73. The van der Waals surface area contributed by atoms with Gasteiger partial charge in [-0.1, -0.05) is 23.8 Å². The molecule has 3 amide bonds. The van der Waals surface area contributed by atoms with E-state index in [-0.39, 0.29) is 24.1 Å². The van der Waals surface area contributed by atoms with Crippen molar-refractivity contribution < 1.29 is 14.4 Å². The molecule has 1 aliphatic rings. The van der Waals surface area contributed by atoms with Crippen LogP contribution in [0.1, 0.15) is 18.9 Å². The molecular weight excluding hydrogens is 330 g/mol. The summed E-state index contributed by atoms with van der Waals surface area (Å²) in [7, 11) is 0. The number of nitrogens with zero attached hydrogens (tertiary/aromatic N) is 1. The van der Waals surface area contributed by atoms with E-state index >= 15 is 0 Å². The molecule has 6 nitrogen and oxygen atoms in total. The molecule has 0 aromatic heterocycles. The first-order chi connectivity index (χ1) is 12.4. The third-order valence-corrected chi connectivity index (χ3v) is 4.29. The van der Waals surface area contributed by atoms with Gasteiger partial charge in [-0.2, -0.15) is 0 Å². The highest BCUT2D eigenvalue weighted by Crippen LogP contribution is 2.28. The summed E-state index contributed by atoms with van der Waals surface area (Å²) < 4.78 is 0. The lowest BCUT2D eigenvalue weighted by Gasteiger charge is -2.18. The second-order valence-corrected chi connectivity index (χ2v) is 6.49. The van der Waals surface area contributed by atoms with Crippen LogP contribution in [0, 0.1) is 12.8 Å². The normalized spacial score (nSPS) is 16.5. The minimum absolute atomic E-state index is 0.103. The Balaban J connectivity index is 1.69. The summed E-state index contributed by atoms with van der Waals surface area (Å²) in [5.74, 6) is -0.852. The molecule has 0 bridgehead atoms. The Morgan fingerprint density at radius 3 is 2.46 bits per heavy atom. The van der Waals surface area contributed by atoms with Gasteiger partial charge < -0.3 is 15.5 Å². The minimum atomic E-state index is -0.409. The number of hydrogen-bond donors (Lipinski definition) is 2. The summed E-state index contributed by atoms with van der Waals surface area (Å²) in [5, 5.41) is 5.56. The number of nitrogens with one attached hydrogen (secondary N) is 2. The van der Waals surface area contributed by atoms with E-state index in [0.717, 1.165) is 11.3 Å². The van der Waals surface area contributed by atoms with Crippen LogP contribution in [0.5, 0.6) is 0 Å². The first kappa shape index (κ1) is 17.7. The smallest absolute Gasteiger partial charge is 0.229 e. The molecule has 2 aromatic carbocycles. The molecule has 1 fully saturated rings. The average molecular weight is 351 g/mol. The maximum atomic E-state index is 12.5. The van der Waals surface area contributed by atoms with Crippen molar-refractivity contribution in [3.8, 4) is 0 Å². The Bertz CT molecular complexity index is 846. The SMILES string of the molecule is CC(=O)Nc1cccc(N2C[C@H](C(=O)Nc3ccc(C)cc3)CC2=O)c1. The first-order valence-electron chi connectivity index (χ1n) is 8.48. The van der Waals surface area contributed by atoms with E-state index in [4.69, 9.17) is 0 Å². The molecular formula is C20H21N3O3. The van der Waals surface area contributed by atoms with Gasteiger partial charge in [-0.25, -0.2) is 0 Å². The molecule has 6 heteroatoms. The average Bonchev–Trinajstić information content (AvgIpc) is 2.98. The fourth-order valence-corrected chi connectivity index (χ4v) is 2.97. The lowest BCUT2D eigenvalue weighted by atomic mass is 10.1. The van der Waals surface area contributed by atoms with E-state index in [0.29, 0.717) is 17.9 Å². The summed E-state index contributed by atoms with van der Waals surface area (Å²) in [4.78, 5) is 37.7. The van der Waals surface area contributed by atoms with Gasteiger partial charge in [0.25, 0.3) is 0 Å². The van der Waals surface area contributed by atoms with Crippen LogP contribution in [0.15, 0.2) is 48.5 Å². The fraction of sp³-hybridized carbons (Fsp3) is 0.250. The molecule has 2 N–H and O–H groups in total. The Labute approximate surface area is 152 Å². The maximum absolute atomic E-state index is 12.5. The highest BCUT2D eigenvalue weighted by molar-refractivity contribution is 6.04. The van der Waals surface area contributed by atoms with Gasteiger partial charge in [-0.3, -0.25) is 14.4 Å². The molecule has 3 rings (SSSR count). The van der Waals surface area contributed by atoms with E-state index in [9.17, 15) is 14.4 Å². The highest BCUT2D eigenvalue weighted by Gasteiger charge is 2.35. The van der Waals surface area contributed by atoms with Gasteiger partial charge in [0.2, 0.25) is 17.7 Å². The number of benzene rings is 2. The van der Waals surface area contributed by atoms with Crippen LogP contribution in [-0.4, -0.2) is 24.3 Å². The number of carbonyl (C=O) groups is 3. The largest absolute Gasteiger partial charge is 0.326 e. The number of rotatable bonds is 4. The Morgan fingerprint density at radius 1 is 1.04 bits per heavy atom. The molecule has 0 radical (unpaired) electrons. The zero-order valence-corrected chi connectivity index (χ0v) is 14.8. The van der Waals surface area contributed by atoms with Gasteiger partial charge in [0.05, 0.1) is 5.92 Å². The highest BCUT2D eigenvalue weighted by atomic mass is 16.2. The number of hydrogen-bond acceptors (Lipinski definition) is 3. The van der Waals surface area contributed by atoms with Gasteiger partial charge in [-0.05, 0) is 37.3 Å². The van der Waals surface area contributed by atoms with Gasteiger partial charge >= 0.3 is 0 Å². The first-order valence-corrected chi connectivity index (χ1v) is 8.48. The molecule has 0 spiro atoms. The summed E-state index contributed by atoms with van der Waals surface area (Å²) in [5.41, 5.74) is 3.13. The summed E-state index contributed by atoms with van der Waals surface area (Å²) in [6, 6.07) is 14.6. The number of aryl methyl sites for hydroxylation is 1. The van der Waals surface area contributed by atoms with E-state index < -0.39 is 5.92 Å². The van der Waals surface area contributed by atoms with Crippen LogP contribution in [0.2, 0.25) is 0 Å². The van der Waals surface area contributed by atoms with Crippen LogP contribution in [0.3, 0.4) is 0 Å². The van der Waals surface area contributed by atoms with Crippen molar-refractivity contribution in [1.29, 1.82) is 0 Å². The van der Waals surface area contributed by atoms with Gasteiger partial charge in [0, 0.05) is 37.0 Å². The Hall–Kier alpha value is -3.15. The summed E-state index contributed by atoms with van der Waals surface area (Å²) >= 11 is 0. The molecule has 2 aromatic rings. The fourth-order valence-electron chi connectivity index (χ4n) is 2.97. The second-order valence-electron chi connectivity index (χ2n) is 6.49. The minimum Gasteiger partial charge on any atom is -0.326 e. The van der Waals surface area contributed by atoms with Crippen molar-refractivity contribution in [2.24, 2.45) is 5.92 Å². The second kappa shape index (κ2) is 7.39. The van der Waals surface area contributed by atoms with E-state index in [1.165, 1.54) is 6.92 Å². The number of carbonyl (C=O) groups excluding carboxylic acids is 3.